The predicted molar refractivity (Wildman–Crippen MR) is 198 cm³/mol. The second-order valence-corrected chi connectivity index (χ2v) is 15.3. The maximum absolute atomic E-state index is 14.4. The van der Waals surface area contributed by atoms with Crippen molar-refractivity contribution in [1.82, 2.24) is 10.2 Å². The molecule has 7 N–H and O–H groups in total. The molecule has 0 bridgehead atoms. The number of ether oxygens (including phenoxy) is 2. The quantitative estimate of drug-likeness (QED) is 0.108. The minimum Gasteiger partial charge on any atom is -0.493 e. The first-order chi connectivity index (χ1) is 24.2. The molecule has 1 fully saturated rings. The van der Waals surface area contributed by atoms with E-state index in [9.17, 15) is 19.6 Å². The van der Waals surface area contributed by atoms with Gasteiger partial charge in [0, 0.05) is 35.8 Å². The molecule has 1 aliphatic heterocycles. The fourth-order valence-electron chi connectivity index (χ4n) is 7.08. The number of carbonyl (C=O) groups is 3. The molecule has 6 rings (SSSR count). The van der Waals surface area contributed by atoms with Gasteiger partial charge in [-0.05, 0) is 72.2 Å². The summed E-state index contributed by atoms with van der Waals surface area (Å²) in [4.78, 5) is 43.5. The highest BCUT2D eigenvalue weighted by Crippen LogP contribution is 2.50. The van der Waals surface area contributed by atoms with Gasteiger partial charge < -0.3 is 36.9 Å². The second kappa shape index (κ2) is 13.5. The Labute approximate surface area is 301 Å². The van der Waals surface area contributed by atoms with Gasteiger partial charge in [0.1, 0.15) is 22.9 Å². The van der Waals surface area contributed by atoms with Crippen molar-refractivity contribution in [3.05, 3.63) is 93.4 Å². The Kier molecular flexibility index (Phi) is 9.41. The summed E-state index contributed by atoms with van der Waals surface area (Å²) in [5.74, 6) is 0.417. The minimum absolute atomic E-state index is 0.0787. The topological polar surface area (TPSA) is 187 Å². The molecular formula is C39H42N6O5S. The monoisotopic (exact) mass is 706 g/mol. The molecule has 1 aliphatic carbocycles. The maximum atomic E-state index is 14.4. The average Bonchev–Trinajstić information content (AvgIpc) is 3.51. The number of likely N-dealkylation sites (tertiary alicyclic amines) is 1. The molecule has 1 aromatic heterocycles. The van der Waals surface area contributed by atoms with Crippen LogP contribution in [0.4, 0.5) is 5.69 Å². The zero-order chi connectivity index (χ0) is 36.8. The van der Waals surface area contributed by atoms with E-state index < -0.39 is 23.3 Å². The lowest BCUT2D eigenvalue weighted by atomic mass is 9.69. The number of hydrogen-bond acceptors (Lipinski definition) is 10. The van der Waals surface area contributed by atoms with Gasteiger partial charge in [0.2, 0.25) is 0 Å². The number of hydrogen-bond donors (Lipinski definition) is 4. The van der Waals surface area contributed by atoms with Crippen molar-refractivity contribution >= 4 is 44.7 Å². The molecule has 264 valence electrons. The summed E-state index contributed by atoms with van der Waals surface area (Å²) in [5.41, 5.74) is 21.0. The Morgan fingerprint density at radius 2 is 1.82 bits per heavy atom. The van der Waals surface area contributed by atoms with E-state index in [0.29, 0.717) is 74.7 Å². The Balaban J connectivity index is 1.32. The lowest BCUT2D eigenvalue weighted by Gasteiger charge is -2.37. The van der Waals surface area contributed by atoms with Crippen LogP contribution in [0.1, 0.15) is 71.6 Å². The standard InChI is InChI=1S/C39H42N6O5S/c1-21-17-24(50-29-11-7-6-10-28(29)49-5)12-13-25(21)39(43)26-14-15-27(41)33-30(26)31(32(42)35(39)46)34(51-33)36(47)44-23-9-8-16-45(20-23)37(48)22(19-40)18-38(2,3)4/h6-7,10-15,17-18,23,32H,8-9,16,20,41-43H2,1-5H3,(H,44,47)/b22-18+. The van der Waals surface area contributed by atoms with Crippen molar-refractivity contribution in [2.45, 2.75) is 58.2 Å². The number of Topliss-reactive ketones (excluding diaryl/α,β-unsaturated/α-hetero) is 1. The van der Waals surface area contributed by atoms with Gasteiger partial charge in [0.25, 0.3) is 11.8 Å². The number of amides is 2. The summed E-state index contributed by atoms with van der Waals surface area (Å²) < 4.78 is 12.1. The Morgan fingerprint density at radius 1 is 1.12 bits per heavy atom. The fraction of sp³-hybridized carbons (Fsp3) is 0.333. The molecule has 51 heavy (non-hydrogen) atoms. The van der Waals surface area contributed by atoms with Crippen LogP contribution in [0.25, 0.3) is 10.1 Å². The van der Waals surface area contributed by atoms with E-state index in [0.717, 1.165) is 0 Å². The molecule has 0 radical (unpaired) electrons. The van der Waals surface area contributed by atoms with E-state index in [4.69, 9.17) is 26.7 Å². The molecule has 3 atom stereocenters. The highest BCUT2D eigenvalue weighted by molar-refractivity contribution is 7.21. The molecule has 2 amide bonds. The highest BCUT2D eigenvalue weighted by Gasteiger charge is 2.49. The third kappa shape index (κ3) is 6.44. The normalized spacial score (nSPS) is 20.5. The van der Waals surface area contributed by atoms with Gasteiger partial charge in [-0.2, -0.15) is 5.26 Å². The van der Waals surface area contributed by atoms with Gasteiger partial charge >= 0.3 is 0 Å². The molecule has 0 spiro atoms. The van der Waals surface area contributed by atoms with Crippen molar-refractivity contribution in [3.63, 3.8) is 0 Å². The number of rotatable bonds is 7. The number of methoxy groups -OCH3 is 1. The third-order valence-electron chi connectivity index (χ3n) is 9.41. The van der Waals surface area contributed by atoms with Crippen LogP contribution in [0, 0.1) is 23.7 Å². The van der Waals surface area contributed by atoms with Crippen LogP contribution in [0.2, 0.25) is 0 Å². The van der Waals surface area contributed by atoms with Crippen LogP contribution in [-0.2, 0) is 15.1 Å². The summed E-state index contributed by atoms with van der Waals surface area (Å²) in [6.45, 7) is 8.35. The van der Waals surface area contributed by atoms with Crippen LogP contribution in [0.3, 0.4) is 0 Å². The zero-order valence-electron chi connectivity index (χ0n) is 29.3. The first-order valence-corrected chi connectivity index (χ1v) is 17.6. The Bertz CT molecular complexity index is 2140. The van der Waals surface area contributed by atoms with Crippen LogP contribution < -0.4 is 32.0 Å². The number of allylic oxidation sites excluding steroid dienone is 1. The Hall–Kier alpha value is -5.22. The molecule has 12 heteroatoms. The number of nitriles is 1. The molecule has 3 aromatic carbocycles. The van der Waals surface area contributed by atoms with E-state index in [1.165, 1.54) is 11.3 Å². The zero-order valence-corrected chi connectivity index (χ0v) is 30.1. The molecule has 0 saturated carbocycles. The van der Waals surface area contributed by atoms with E-state index >= 15 is 0 Å². The third-order valence-corrected chi connectivity index (χ3v) is 10.7. The lowest BCUT2D eigenvalue weighted by Crippen LogP contribution is -2.53. The van der Waals surface area contributed by atoms with Gasteiger partial charge in [0.15, 0.2) is 17.3 Å². The molecule has 3 unspecified atom stereocenters. The summed E-state index contributed by atoms with van der Waals surface area (Å²) in [5, 5.41) is 13.3. The van der Waals surface area contributed by atoms with Crippen molar-refractivity contribution in [3.8, 4) is 23.3 Å². The molecule has 4 aromatic rings. The minimum atomic E-state index is -1.64. The number of nitrogens with two attached hydrogens (primary N) is 3. The van der Waals surface area contributed by atoms with Gasteiger partial charge in [-0.1, -0.05) is 51.1 Å². The predicted octanol–water partition coefficient (Wildman–Crippen LogP) is 5.59. The van der Waals surface area contributed by atoms with Gasteiger partial charge in [0.05, 0.1) is 22.7 Å². The van der Waals surface area contributed by atoms with Crippen molar-refractivity contribution in [1.29, 1.82) is 5.26 Å². The second-order valence-electron chi connectivity index (χ2n) is 14.2. The number of nitrogens with one attached hydrogen (secondary N) is 1. The molecule has 1 saturated heterocycles. The van der Waals surface area contributed by atoms with Gasteiger partial charge in [-0.3, -0.25) is 14.4 Å². The van der Waals surface area contributed by atoms with E-state index in [1.807, 2.05) is 52.0 Å². The van der Waals surface area contributed by atoms with Crippen LogP contribution in [0.5, 0.6) is 17.2 Å². The van der Waals surface area contributed by atoms with Crippen LogP contribution in [-0.4, -0.2) is 48.7 Å². The Morgan fingerprint density at radius 3 is 2.49 bits per heavy atom. The van der Waals surface area contributed by atoms with Crippen LogP contribution in [0.15, 0.2) is 66.2 Å². The number of para-hydroxylation sites is 2. The largest absolute Gasteiger partial charge is 0.493 e. The molecule has 11 nitrogen and oxygen atoms in total. The van der Waals surface area contributed by atoms with Crippen molar-refractivity contribution in [2.75, 3.05) is 25.9 Å². The number of carbonyl (C=O) groups excluding carboxylic acids is 3. The summed E-state index contributed by atoms with van der Waals surface area (Å²) in [7, 11) is 1.57. The summed E-state index contributed by atoms with van der Waals surface area (Å²) in [6, 6.07) is 16.5. The smallest absolute Gasteiger partial charge is 0.264 e. The van der Waals surface area contributed by atoms with Crippen molar-refractivity contribution < 1.29 is 23.9 Å². The van der Waals surface area contributed by atoms with Crippen LogP contribution >= 0.6 is 11.3 Å². The number of aryl methyl sites for hydroxylation is 1. The van der Waals surface area contributed by atoms with E-state index in [-0.39, 0.29) is 34.4 Å². The first kappa shape index (κ1) is 35.6. The van der Waals surface area contributed by atoms with Crippen molar-refractivity contribution in [2.24, 2.45) is 16.9 Å². The number of thiophene rings is 1. The number of ketones is 1. The number of nitrogen functional groups attached to an aromatic ring is 1. The highest BCUT2D eigenvalue weighted by atomic mass is 32.1. The SMILES string of the molecule is COc1ccccc1Oc1ccc(C2(N)C(=O)C(N)c3c(C(=O)NC4CCCN(C(=O)/C(C#N)=C/C(C)(C)C)C4)sc4c(N)ccc2c34)c(C)c1. The van der Waals surface area contributed by atoms with E-state index in [1.54, 1.807) is 54.5 Å². The summed E-state index contributed by atoms with van der Waals surface area (Å²) >= 11 is 1.17. The lowest BCUT2D eigenvalue weighted by molar-refractivity contribution is -0.128. The number of nitrogens with zero attached hydrogens (tertiary/aromatic N) is 2. The van der Waals surface area contributed by atoms with Gasteiger partial charge in [-0.15, -0.1) is 11.3 Å². The number of benzene rings is 3. The molecular weight excluding hydrogens is 665 g/mol. The summed E-state index contributed by atoms with van der Waals surface area (Å²) in [6.07, 6.45) is 2.96. The number of anilines is 1. The first-order valence-electron chi connectivity index (χ1n) is 16.8. The van der Waals surface area contributed by atoms with Gasteiger partial charge in [-0.25, -0.2) is 0 Å². The molecule has 2 heterocycles. The average molecular weight is 707 g/mol. The number of piperidine rings is 1. The van der Waals surface area contributed by atoms with E-state index in [2.05, 4.69) is 5.32 Å². The molecule has 2 aliphatic rings. The maximum Gasteiger partial charge on any atom is 0.264 e. The fourth-order valence-corrected chi connectivity index (χ4v) is 8.28.